The van der Waals surface area contributed by atoms with Gasteiger partial charge in [0.1, 0.15) is 0 Å². The Kier molecular flexibility index (Phi) is 4.92. The maximum Gasteiger partial charge on any atom is 0.286 e. The van der Waals surface area contributed by atoms with Crippen molar-refractivity contribution in [3.8, 4) is 0 Å². The zero-order chi connectivity index (χ0) is 18.6. The summed E-state index contributed by atoms with van der Waals surface area (Å²) in [6.07, 6.45) is 3.71. The molecule has 1 aromatic heterocycles. The Bertz CT molecular complexity index is 944. The van der Waals surface area contributed by atoms with Crippen LogP contribution < -0.4 is 5.32 Å². The van der Waals surface area contributed by atoms with Crippen molar-refractivity contribution < 1.29 is 14.0 Å². The molecule has 27 heavy (non-hydrogen) atoms. The number of carbonyl (C=O) groups excluding carboxylic acids is 2. The lowest BCUT2D eigenvalue weighted by Gasteiger charge is -2.26. The van der Waals surface area contributed by atoms with Gasteiger partial charge in [0.15, 0.2) is 5.76 Å². The SMILES string of the molecule is O=C(NCCC(=O)N1CCCC1c1cccc2ccccc12)c1ccco1. The van der Waals surface area contributed by atoms with Crippen LogP contribution in [0.1, 0.15) is 41.4 Å². The molecular weight excluding hydrogens is 340 g/mol. The normalized spacial score (nSPS) is 16.6. The molecule has 1 fully saturated rings. The number of carbonyl (C=O) groups is 2. The number of nitrogens with zero attached hydrogens (tertiary/aromatic N) is 1. The van der Waals surface area contributed by atoms with E-state index in [2.05, 4.69) is 35.6 Å². The first kappa shape index (κ1) is 17.3. The van der Waals surface area contributed by atoms with Gasteiger partial charge in [0, 0.05) is 19.5 Å². The Balaban J connectivity index is 1.43. The predicted octanol–water partition coefficient (Wildman–Crippen LogP) is 3.92. The van der Waals surface area contributed by atoms with Gasteiger partial charge in [0.2, 0.25) is 5.91 Å². The first-order chi connectivity index (χ1) is 13.2. The molecule has 0 spiro atoms. The van der Waals surface area contributed by atoms with Gasteiger partial charge in [-0.05, 0) is 41.3 Å². The van der Waals surface area contributed by atoms with Gasteiger partial charge in [0.25, 0.3) is 5.91 Å². The van der Waals surface area contributed by atoms with Crippen molar-refractivity contribution in [2.24, 2.45) is 0 Å². The second-order valence-corrected chi connectivity index (χ2v) is 6.80. The number of hydrogen-bond acceptors (Lipinski definition) is 3. The highest BCUT2D eigenvalue weighted by Gasteiger charge is 2.30. The maximum atomic E-state index is 12.8. The molecule has 2 amide bonds. The van der Waals surface area contributed by atoms with E-state index in [1.165, 1.54) is 22.6 Å². The molecule has 5 nitrogen and oxygen atoms in total. The third kappa shape index (κ3) is 3.58. The molecule has 0 aliphatic carbocycles. The largest absolute Gasteiger partial charge is 0.459 e. The first-order valence-electron chi connectivity index (χ1n) is 9.33. The fourth-order valence-electron chi connectivity index (χ4n) is 3.85. The van der Waals surface area contributed by atoms with Crippen molar-refractivity contribution in [2.45, 2.75) is 25.3 Å². The number of benzene rings is 2. The number of likely N-dealkylation sites (tertiary alicyclic amines) is 1. The number of rotatable bonds is 5. The summed E-state index contributed by atoms with van der Waals surface area (Å²) in [6.45, 7) is 1.07. The summed E-state index contributed by atoms with van der Waals surface area (Å²) < 4.78 is 5.06. The highest BCUT2D eigenvalue weighted by atomic mass is 16.3. The van der Waals surface area contributed by atoms with E-state index in [0.717, 1.165) is 19.4 Å². The smallest absolute Gasteiger partial charge is 0.286 e. The van der Waals surface area contributed by atoms with Crippen molar-refractivity contribution in [3.63, 3.8) is 0 Å². The Labute approximate surface area is 158 Å². The first-order valence-corrected chi connectivity index (χ1v) is 9.33. The van der Waals surface area contributed by atoms with Gasteiger partial charge in [-0.3, -0.25) is 9.59 Å². The van der Waals surface area contributed by atoms with Crippen LogP contribution in [-0.4, -0.2) is 29.8 Å². The van der Waals surface area contributed by atoms with Gasteiger partial charge in [-0.25, -0.2) is 0 Å². The van der Waals surface area contributed by atoms with Crippen molar-refractivity contribution >= 4 is 22.6 Å². The van der Waals surface area contributed by atoms with E-state index in [9.17, 15) is 9.59 Å². The minimum atomic E-state index is -0.292. The second-order valence-electron chi connectivity index (χ2n) is 6.80. The average Bonchev–Trinajstić information content (AvgIpc) is 3.39. The number of nitrogens with one attached hydrogen (secondary N) is 1. The van der Waals surface area contributed by atoms with Gasteiger partial charge in [-0.1, -0.05) is 42.5 Å². The van der Waals surface area contributed by atoms with Crippen molar-refractivity contribution in [2.75, 3.05) is 13.1 Å². The molecule has 138 valence electrons. The van der Waals surface area contributed by atoms with E-state index in [1.807, 2.05) is 17.0 Å². The Morgan fingerprint density at radius 1 is 1.07 bits per heavy atom. The minimum Gasteiger partial charge on any atom is -0.459 e. The van der Waals surface area contributed by atoms with Gasteiger partial charge in [0.05, 0.1) is 12.3 Å². The fraction of sp³-hybridized carbons (Fsp3) is 0.273. The van der Waals surface area contributed by atoms with Crippen LogP contribution in [0.2, 0.25) is 0 Å². The number of hydrogen-bond donors (Lipinski definition) is 1. The Hall–Kier alpha value is -3.08. The monoisotopic (exact) mass is 362 g/mol. The zero-order valence-corrected chi connectivity index (χ0v) is 15.1. The third-order valence-corrected chi connectivity index (χ3v) is 5.12. The summed E-state index contributed by atoms with van der Waals surface area (Å²) in [5.41, 5.74) is 1.21. The average molecular weight is 362 g/mol. The third-order valence-electron chi connectivity index (χ3n) is 5.12. The molecule has 2 heterocycles. The molecule has 1 aliphatic rings. The van der Waals surface area contributed by atoms with Crippen LogP contribution in [0.4, 0.5) is 0 Å². The lowest BCUT2D eigenvalue weighted by Crippen LogP contribution is -2.34. The van der Waals surface area contributed by atoms with E-state index in [1.54, 1.807) is 12.1 Å². The van der Waals surface area contributed by atoms with Gasteiger partial charge in [-0.2, -0.15) is 0 Å². The summed E-state index contributed by atoms with van der Waals surface area (Å²) in [7, 11) is 0. The summed E-state index contributed by atoms with van der Waals surface area (Å²) in [6, 6.07) is 17.9. The molecule has 1 aliphatic heterocycles. The van der Waals surface area contributed by atoms with Crippen LogP contribution in [0, 0.1) is 0 Å². The summed E-state index contributed by atoms with van der Waals surface area (Å²) in [5, 5.41) is 5.14. The number of amides is 2. The molecule has 1 N–H and O–H groups in total. The Morgan fingerprint density at radius 2 is 1.93 bits per heavy atom. The quantitative estimate of drug-likeness (QED) is 0.748. The van der Waals surface area contributed by atoms with Gasteiger partial charge < -0.3 is 14.6 Å². The molecule has 2 aromatic carbocycles. The van der Waals surface area contributed by atoms with E-state index in [-0.39, 0.29) is 30.0 Å². The van der Waals surface area contributed by atoms with E-state index in [0.29, 0.717) is 6.54 Å². The fourth-order valence-corrected chi connectivity index (χ4v) is 3.85. The van der Waals surface area contributed by atoms with Gasteiger partial charge in [-0.15, -0.1) is 0 Å². The van der Waals surface area contributed by atoms with Crippen LogP contribution >= 0.6 is 0 Å². The second kappa shape index (κ2) is 7.66. The van der Waals surface area contributed by atoms with Crippen molar-refractivity contribution in [1.82, 2.24) is 10.2 Å². The summed E-state index contributed by atoms with van der Waals surface area (Å²) in [5.74, 6) is 0.0438. The lowest BCUT2D eigenvalue weighted by atomic mass is 9.97. The van der Waals surface area contributed by atoms with Crippen LogP contribution in [-0.2, 0) is 4.79 Å². The summed E-state index contributed by atoms with van der Waals surface area (Å²) in [4.78, 5) is 26.7. The number of fused-ring (bicyclic) bond motifs is 1. The van der Waals surface area contributed by atoms with E-state index < -0.39 is 0 Å². The molecule has 3 aromatic rings. The van der Waals surface area contributed by atoms with Crippen LogP contribution in [0.5, 0.6) is 0 Å². The highest BCUT2D eigenvalue weighted by Crippen LogP contribution is 2.36. The highest BCUT2D eigenvalue weighted by molar-refractivity contribution is 5.91. The van der Waals surface area contributed by atoms with Crippen LogP contribution in [0.25, 0.3) is 10.8 Å². The zero-order valence-electron chi connectivity index (χ0n) is 15.1. The standard InChI is InChI=1S/C22H22N2O3/c25-21(12-13-23-22(26)20-11-5-15-27-20)24-14-4-10-19(24)18-9-3-7-16-6-1-2-8-17(16)18/h1-3,5-9,11,15,19H,4,10,12-14H2,(H,23,26). The molecule has 4 rings (SSSR count). The molecule has 0 saturated carbocycles. The van der Waals surface area contributed by atoms with Crippen molar-refractivity contribution in [3.05, 3.63) is 72.2 Å². The van der Waals surface area contributed by atoms with Crippen LogP contribution in [0.15, 0.2) is 65.3 Å². The molecule has 1 saturated heterocycles. The maximum absolute atomic E-state index is 12.8. The van der Waals surface area contributed by atoms with E-state index >= 15 is 0 Å². The molecule has 1 atom stereocenters. The number of furan rings is 1. The van der Waals surface area contributed by atoms with Gasteiger partial charge >= 0.3 is 0 Å². The molecule has 0 radical (unpaired) electrons. The minimum absolute atomic E-state index is 0.0742. The van der Waals surface area contributed by atoms with Crippen LogP contribution in [0.3, 0.4) is 0 Å². The molecular formula is C22H22N2O3. The topological polar surface area (TPSA) is 62.6 Å². The molecule has 1 unspecified atom stereocenters. The summed E-state index contributed by atoms with van der Waals surface area (Å²) >= 11 is 0. The predicted molar refractivity (Wildman–Crippen MR) is 103 cm³/mol. The Morgan fingerprint density at radius 3 is 2.78 bits per heavy atom. The molecule has 0 bridgehead atoms. The van der Waals surface area contributed by atoms with Crippen molar-refractivity contribution in [1.29, 1.82) is 0 Å². The lowest BCUT2D eigenvalue weighted by molar-refractivity contribution is -0.131. The van der Waals surface area contributed by atoms with E-state index in [4.69, 9.17) is 4.42 Å². The molecule has 5 heteroatoms.